The van der Waals surface area contributed by atoms with E-state index in [1.165, 1.54) is 51.6 Å². The number of rotatable bonds is 11. The molecule has 0 aromatic carbocycles. The molecule has 1 aromatic rings. The van der Waals surface area contributed by atoms with Crippen LogP contribution in [-0.4, -0.2) is 52.1 Å². The van der Waals surface area contributed by atoms with Crippen LogP contribution in [0.3, 0.4) is 0 Å². The Kier molecular flexibility index (Phi) is 6.30. The van der Waals surface area contributed by atoms with Crippen LogP contribution in [0, 0.1) is 11.8 Å². The second-order valence-corrected chi connectivity index (χ2v) is 10.2. The Morgan fingerprint density at radius 2 is 1.86 bits per heavy atom. The average Bonchev–Trinajstić information content (AvgIpc) is 3.60. The van der Waals surface area contributed by atoms with Crippen molar-refractivity contribution in [3.63, 3.8) is 0 Å². The van der Waals surface area contributed by atoms with Gasteiger partial charge in [-0.1, -0.05) is 13.3 Å². The van der Waals surface area contributed by atoms with E-state index in [1.54, 1.807) is 0 Å². The van der Waals surface area contributed by atoms with Gasteiger partial charge in [0, 0.05) is 18.8 Å². The number of anilines is 1. The zero-order valence-corrected chi connectivity index (χ0v) is 18.5. The molecule has 2 saturated carbocycles. The van der Waals surface area contributed by atoms with Crippen LogP contribution in [0.25, 0.3) is 0 Å². The lowest BCUT2D eigenvalue weighted by atomic mass is 10.0. The van der Waals surface area contributed by atoms with Gasteiger partial charge in [0.05, 0.1) is 17.9 Å². The van der Waals surface area contributed by atoms with Gasteiger partial charge >= 0.3 is 0 Å². The summed E-state index contributed by atoms with van der Waals surface area (Å²) in [5.41, 5.74) is -0.0373. The summed E-state index contributed by atoms with van der Waals surface area (Å²) in [6.07, 6.45) is 13.6. The van der Waals surface area contributed by atoms with Crippen molar-refractivity contribution in [1.82, 2.24) is 19.8 Å². The fraction of sp³-hybridized carbons (Fsp3) is 0.826. The van der Waals surface area contributed by atoms with Crippen LogP contribution < -0.4 is 10.6 Å². The van der Waals surface area contributed by atoms with E-state index < -0.39 is 0 Å². The number of nitrogens with one attached hydrogen (secondary N) is 2. The van der Waals surface area contributed by atoms with E-state index in [2.05, 4.69) is 45.9 Å². The lowest BCUT2D eigenvalue weighted by Gasteiger charge is -2.31. The Bertz CT molecular complexity index is 673. The molecule has 3 aliphatic rings. The number of imidazole rings is 1. The molecule has 162 valence electrons. The van der Waals surface area contributed by atoms with Crippen LogP contribution in [0.2, 0.25) is 0 Å². The third-order valence-corrected chi connectivity index (χ3v) is 6.89. The van der Waals surface area contributed by atoms with Crippen molar-refractivity contribution in [2.45, 2.75) is 89.8 Å². The van der Waals surface area contributed by atoms with Gasteiger partial charge in [0.2, 0.25) is 5.91 Å². The van der Waals surface area contributed by atoms with Crippen molar-refractivity contribution in [2.75, 3.05) is 25.0 Å². The highest BCUT2D eigenvalue weighted by Gasteiger charge is 2.42. The molecule has 1 aliphatic heterocycles. The van der Waals surface area contributed by atoms with Gasteiger partial charge in [0.25, 0.3) is 0 Å². The summed E-state index contributed by atoms with van der Waals surface area (Å²) in [6.45, 7) is 10.0. The monoisotopic (exact) mass is 401 g/mol. The zero-order valence-electron chi connectivity index (χ0n) is 18.5. The summed E-state index contributed by atoms with van der Waals surface area (Å²) >= 11 is 0. The molecule has 1 aromatic heterocycles. The summed E-state index contributed by atoms with van der Waals surface area (Å²) in [5.74, 6) is 2.32. The predicted molar refractivity (Wildman–Crippen MR) is 117 cm³/mol. The fourth-order valence-electron chi connectivity index (χ4n) is 4.88. The largest absolute Gasteiger partial charge is 0.328 e. The van der Waals surface area contributed by atoms with Crippen molar-refractivity contribution in [3.05, 3.63) is 12.5 Å². The third kappa shape index (κ3) is 5.40. The van der Waals surface area contributed by atoms with Crippen molar-refractivity contribution in [3.8, 4) is 0 Å². The molecule has 6 nitrogen and oxygen atoms in total. The van der Waals surface area contributed by atoms with Crippen molar-refractivity contribution >= 4 is 11.7 Å². The topological polar surface area (TPSA) is 62.2 Å². The smallest absolute Gasteiger partial charge is 0.242 e. The van der Waals surface area contributed by atoms with E-state index in [0.717, 1.165) is 31.2 Å². The standard InChI is InChI=1S/C23H39N5O/c1-4-7-19(25-21(17-8-9-17)18-10-11-18)22(29)26-20-14-28(16-24-20)23(2,3)15-27-12-5-6-13-27/h14,16-19,21,25H,4-13,15H2,1-3H3,(H,26,29)/t19-/m0/s1. The molecule has 2 aliphatic carbocycles. The van der Waals surface area contributed by atoms with Gasteiger partial charge in [-0.2, -0.15) is 0 Å². The van der Waals surface area contributed by atoms with Crippen molar-refractivity contribution in [1.29, 1.82) is 0 Å². The van der Waals surface area contributed by atoms with Crippen LogP contribution in [-0.2, 0) is 10.3 Å². The second-order valence-electron chi connectivity index (χ2n) is 10.2. The lowest BCUT2D eigenvalue weighted by Crippen LogP contribution is -2.47. The Morgan fingerprint density at radius 1 is 1.21 bits per heavy atom. The minimum atomic E-state index is -0.117. The Hall–Kier alpha value is -1.40. The first kappa shape index (κ1) is 20.9. The van der Waals surface area contributed by atoms with Gasteiger partial charge in [-0.25, -0.2) is 4.98 Å². The van der Waals surface area contributed by atoms with Crippen LogP contribution in [0.1, 0.15) is 72.1 Å². The average molecular weight is 402 g/mol. The normalized spacial score (nSPS) is 21.7. The van der Waals surface area contributed by atoms with Gasteiger partial charge in [-0.3, -0.25) is 4.79 Å². The number of nitrogens with zero attached hydrogens (tertiary/aromatic N) is 3. The Labute approximate surface area is 175 Å². The minimum absolute atomic E-state index is 0.0373. The quantitative estimate of drug-likeness (QED) is 0.595. The number of carbonyl (C=O) groups excluding carboxylic acids is 1. The van der Waals surface area contributed by atoms with Crippen LogP contribution in [0.15, 0.2) is 12.5 Å². The Balaban J connectivity index is 1.36. The molecule has 0 unspecified atom stereocenters. The molecule has 0 radical (unpaired) electrons. The molecule has 0 spiro atoms. The summed E-state index contributed by atoms with van der Waals surface area (Å²) < 4.78 is 2.15. The fourth-order valence-corrected chi connectivity index (χ4v) is 4.88. The molecule has 1 atom stereocenters. The molecular weight excluding hydrogens is 362 g/mol. The van der Waals surface area contributed by atoms with E-state index in [4.69, 9.17) is 0 Å². The number of carbonyl (C=O) groups is 1. The maximum atomic E-state index is 13.0. The number of amides is 1. The Morgan fingerprint density at radius 3 is 2.45 bits per heavy atom. The lowest BCUT2D eigenvalue weighted by molar-refractivity contribution is -0.118. The molecule has 1 saturated heterocycles. The predicted octanol–water partition coefficient (Wildman–Crippen LogP) is 3.60. The van der Waals surface area contributed by atoms with Crippen LogP contribution in [0.5, 0.6) is 0 Å². The molecule has 4 rings (SSSR count). The van der Waals surface area contributed by atoms with E-state index in [1.807, 2.05) is 12.5 Å². The number of likely N-dealkylation sites (tertiary alicyclic amines) is 1. The minimum Gasteiger partial charge on any atom is -0.328 e. The summed E-state index contributed by atoms with van der Waals surface area (Å²) in [5, 5.41) is 6.82. The first-order chi connectivity index (χ1) is 14.0. The van der Waals surface area contributed by atoms with Gasteiger partial charge < -0.3 is 20.1 Å². The van der Waals surface area contributed by atoms with Crippen LogP contribution in [0.4, 0.5) is 5.82 Å². The molecule has 1 amide bonds. The maximum Gasteiger partial charge on any atom is 0.242 e. The highest BCUT2D eigenvalue weighted by atomic mass is 16.2. The molecule has 6 heteroatoms. The molecule has 29 heavy (non-hydrogen) atoms. The molecule has 2 N–H and O–H groups in total. The third-order valence-electron chi connectivity index (χ3n) is 6.89. The molecular formula is C23H39N5O. The van der Waals surface area contributed by atoms with Crippen molar-refractivity contribution in [2.24, 2.45) is 11.8 Å². The maximum absolute atomic E-state index is 13.0. The van der Waals surface area contributed by atoms with Gasteiger partial charge in [0.1, 0.15) is 0 Å². The molecule has 0 bridgehead atoms. The second kappa shape index (κ2) is 8.76. The van der Waals surface area contributed by atoms with Crippen molar-refractivity contribution < 1.29 is 4.79 Å². The number of aromatic nitrogens is 2. The van der Waals surface area contributed by atoms with Gasteiger partial charge in [-0.05, 0) is 83.7 Å². The first-order valence-electron chi connectivity index (χ1n) is 11.8. The zero-order chi connectivity index (χ0) is 20.4. The highest BCUT2D eigenvalue weighted by Crippen LogP contribution is 2.44. The van der Waals surface area contributed by atoms with Gasteiger partial charge in [0.15, 0.2) is 5.82 Å². The summed E-state index contributed by atoms with van der Waals surface area (Å²) in [6, 6.07) is 0.420. The van der Waals surface area contributed by atoms with E-state index in [-0.39, 0.29) is 17.5 Å². The van der Waals surface area contributed by atoms with E-state index in [9.17, 15) is 4.79 Å². The molecule has 3 fully saturated rings. The summed E-state index contributed by atoms with van der Waals surface area (Å²) in [4.78, 5) is 20.1. The van der Waals surface area contributed by atoms with E-state index >= 15 is 0 Å². The number of hydrogen-bond donors (Lipinski definition) is 2. The SMILES string of the molecule is CCC[C@H](NC(C1CC1)C1CC1)C(=O)Nc1cn(C(C)(C)CN2CCCC2)cn1. The highest BCUT2D eigenvalue weighted by molar-refractivity contribution is 5.94. The molecule has 2 heterocycles. The van der Waals surface area contributed by atoms with Crippen LogP contribution >= 0.6 is 0 Å². The first-order valence-corrected chi connectivity index (χ1v) is 11.8. The number of hydrogen-bond acceptors (Lipinski definition) is 4. The van der Waals surface area contributed by atoms with E-state index in [0.29, 0.717) is 11.9 Å². The van der Waals surface area contributed by atoms with Gasteiger partial charge in [-0.15, -0.1) is 0 Å². The summed E-state index contributed by atoms with van der Waals surface area (Å²) in [7, 11) is 0.